The van der Waals surface area contributed by atoms with Crippen LogP contribution in [-0.4, -0.2) is 17.7 Å². The van der Waals surface area contributed by atoms with Gasteiger partial charge in [0.2, 0.25) is 0 Å². The van der Waals surface area contributed by atoms with Gasteiger partial charge in [-0.2, -0.15) is 0 Å². The molecular formula is C5H6Cl2N2S. The summed E-state index contributed by atoms with van der Waals surface area (Å²) < 4.78 is 0. The van der Waals surface area contributed by atoms with Crippen LogP contribution < -0.4 is 5.32 Å². The first-order valence-corrected chi connectivity index (χ1v) is 3.70. The Labute approximate surface area is 74.9 Å². The van der Waals surface area contributed by atoms with Gasteiger partial charge in [0.05, 0.1) is 6.00 Å². The fourth-order valence-corrected chi connectivity index (χ4v) is 0.852. The SMILES string of the molecule is C=N/C(Cl)=C\C(=S)NCCl. The summed E-state index contributed by atoms with van der Waals surface area (Å²) in [5.41, 5.74) is 0. The summed E-state index contributed by atoms with van der Waals surface area (Å²) in [6.07, 6.45) is 1.46. The molecule has 0 heterocycles. The smallest absolute Gasteiger partial charge is 0.131 e. The molecule has 56 valence electrons. The molecule has 0 fully saturated rings. The third-order valence-electron chi connectivity index (χ3n) is 0.642. The first kappa shape index (κ1) is 9.88. The van der Waals surface area contributed by atoms with Gasteiger partial charge in [-0.1, -0.05) is 23.8 Å². The van der Waals surface area contributed by atoms with E-state index in [1.807, 2.05) is 0 Å². The third kappa shape index (κ3) is 4.73. The van der Waals surface area contributed by atoms with Crippen molar-refractivity contribution < 1.29 is 0 Å². The molecule has 5 heteroatoms. The lowest BCUT2D eigenvalue weighted by Gasteiger charge is -1.95. The second kappa shape index (κ2) is 5.65. The van der Waals surface area contributed by atoms with Crippen LogP contribution in [0.1, 0.15) is 0 Å². The lowest BCUT2D eigenvalue weighted by molar-refractivity contribution is 1.15. The van der Waals surface area contributed by atoms with Gasteiger partial charge in [0, 0.05) is 6.08 Å². The van der Waals surface area contributed by atoms with Crippen molar-refractivity contribution in [3.63, 3.8) is 0 Å². The lowest BCUT2D eigenvalue weighted by Crippen LogP contribution is -2.16. The maximum atomic E-state index is 5.46. The standard InChI is InChI=1S/C5H6Cl2N2S/c1-8-4(7)2-5(10)9-3-6/h2H,1,3H2,(H,9,10)/b4-2-. The molecule has 0 rings (SSSR count). The number of hydrogen-bond acceptors (Lipinski definition) is 2. The zero-order valence-corrected chi connectivity index (χ0v) is 7.43. The van der Waals surface area contributed by atoms with E-state index in [-0.39, 0.29) is 11.2 Å². The summed E-state index contributed by atoms with van der Waals surface area (Å²) in [6.45, 7) is 3.20. The van der Waals surface area contributed by atoms with Crippen molar-refractivity contribution in [2.75, 3.05) is 6.00 Å². The number of alkyl halides is 1. The van der Waals surface area contributed by atoms with E-state index in [9.17, 15) is 0 Å². The molecule has 0 aliphatic heterocycles. The zero-order chi connectivity index (χ0) is 7.98. The number of hydrogen-bond donors (Lipinski definition) is 1. The van der Waals surface area contributed by atoms with Crippen LogP contribution in [0.15, 0.2) is 16.2 Å². The van der Waals surface area contributed by atoms with E-state index in [0.717, 1.165) is 0 Å². The predicted octanol–water partition coefficient (Wildman–Crippen LogP) is 1.88. The Balaban J connectivity index is 3.86. The van der Waals surface area contributed by atoms with E-state index in [4.69, 9.17) is 35.4 Å². The number of nitrogens with zero attached hydrogens (tertiary/aromatic N) is 1. The minimum absolute atomic E-state index is 0.252. The molecule has 0 spiro atoms. The van der Waals surface area contributed by atoms with Crippen LogP contribution in [0.2, 0.25) is 0 Å². The molecule has 0 bridgehead atoms. The summed E-state index contributed by atoms with van der Waals surface area (Å²) in [5.74, 6) is 0. The lowest BCUT2D eigenvalue weighted by atomic mass is 10.6. The minimum atomic E-state index is 0.252. The number of aliphatic imine (C=N–C) groups is 1. The number of rotatable bonds is 3. The van der Waals surface area contributed by atoms with Gasteiger partial charge in [0.25, 0.3) is 0 Å². The largest absolute Gasteiger partial charge is 0.363 e. The van der Waals surface area contributed by atoms with E-state index in [2.05, 4.69) is 17.0 Å². The summed E-state index contributed by atoms with van der Waals surface area (Å²) in [6, 6.07) is 0.261. The van der Waals surface area contributed by atoms with Crippen LogP contribution in [0.5, 0.6) is 0 Å². The predicted molar refractivity (Wildman–Crippen MR) is 49.9 cm³/mol. The fraction of sp³-hybridized carbons (Fsp3) is 0.200. The Bertz CT molecular complexity index is 167. The fourth-order valence-electron chi connectivity index (χ4n) is 0.271. The second-order valence-corrected chi connectivity index (χ2v) is 2.39. The molecule has 0 amide bonds. The van der Waals surface area contributed by atoms with E-state index < -0.39 is 0 Å². The molecule has 0 atom stereocenters. The molecule has 0 saturated heterocycles. The zero-order valence-electron chi connectivity index (χ0n) is 5.10. The van der Waals surface area contributed by atoms with Gasteiger partial charge in [-0.15, -0.1) is 11.6 Å². The van der Waals surface area contributed by atoms with E-state index in [1.165, 1.54) is 6.08 Å². The molecule has 0 aliphatic rings. The first-order valence-electron chi connectivity index (χ1n) is 2.38. The molecule has 0 aromatic carbocycles. The van der Waals surface area contributed by atoms with Crippen LogP contribution in [0.25, 0.3) is 0 Å². The van der Waals surface area contributed by atoms with Crippen LogP contribution in [0, 0.1) is 0 Å². The van der Waals surface area contributed by atoms with Crippen molar-refractivity contribution >= 4 is 47.1 Å². The normalized spacial score (nSPS) is 10.8. The van der Waals surface area contributed by atoms with Crippen LogP contribution >= 0.6 is 35.4 Å². The van der Waals surface area contributed by atoms with Gasteiger partial charge in [-0.05, 0) is 6.72 Å². The van der Waals surface area contributed by atoms with Gasteiger partial charge < -0.3 is 5.32 Å². The summed E-state index contributed by atoms with van der Waals surface area (Å²) in [5, 5.41) is 2.91. The molecule has 1 N–H and O–H groups in total. The quantitative estimate of drug-likeness (QED) is 0.245. The van der Waals surface area contributed by atoms with Crippen molar-refractivity contribution in [2.24, 2.45) is 4.99 Å². The van der Waals surface area contributed by atoms with Crippen molar-refractivity contribution in [2.45, 2.75) is 0 Å². The van der Waals surface area contributed by atoms with Gasteiger partial charge in [-0.25, -0.2) is 0 Å². The summed E-state index contributed by atoms with van der Waals surface area (Å²) in [4.78, 5) is 3.87. The van der Waals surface area contributed by atoms with E-state index >= 15 is 0 Å². The average Bonchev–Trinajstić information content (AvgIpc) is 1.88. The van der Waals surface area contributed by atoms with Gasteiger partial charge >= 0.3 is 0 Å². The highest BCUT2D eigenvalue weighted by molar-refractivity contribution is 7.80. The number of nitrogens with one attached hydrogen (secondary N) is 1. The highest BCUT2D eigenvalue weighted by Gasteiger charge is 1.89. The molecule has 0 aromatic heterocycles. The van der Waals surface area contributed by atoms with E-state index in [0.29, 0.717) is 4.99 Å². The Kier molecular flexibility index (Phi) is 5.58. The van der Waals surface area contributed by atoms with Gasteiger partial charge in [0.15, 0.2) is 0 Å². The summed E-state index contributed by atoms with van der Waals surface area (Å²) in [7, 11) is 0. The monoisotopic (exact) mass is 196 g/mol. The molecule has 0 radical (unpaired) electrons. The molecule has 0 saturated carbocycles. The topological polar surface area (TPSA) is 24.4 Å². The molecule has 2 nitrogen and oxygen atoms in total. The second-order valence-electron chi connectivity index (χ2n) is 1.30. The van der Waals surface area contributed by atoms with Gasteiger partial charge in [-0.3, -0.25) is 4.99 Å². The highest BCUT2D eigenvalue weighted by atomic mass is 35.5. The molecule has 0 aliphatic carbocycles. The number of thiocarbonyl (C=S) groups is 1. The van der Waals surface area contributed by atoms with Crippen LogP contribution in [0.4, 0.5) is 0 Å². The molecule has 0 unspecified atom stereocenters. The third-order valence-corrected chi connectivity index (χ3v) is 1.27. The van der Waals surface area contributed by atoms with Crippen LogP contribution in [-0.2, 0) is 0 Å². The molecule has 10 heavy (non-hydrogen) atoms. The maximum Gasteiger partial charge on any atom is 0.131 e. The van der Waals surface area contributed by atoms with Crippen molar-refractivity contribution in [3.05, 3.63) is 11.2 Å². The number of halogens is 2. The van der Waals surface area contributed by atoms with Gasteiger partial charge in [0.1, 0.15) is 10.1 Å². The Hall–Kier alpha value is -0.120. The Morgan fingerprint density at radius 2 is 2.40 bits per heavy atom. The highest BCUT2D eigenvalue weighted by Crippen LogP contribution is 2.00. The van der Waals surface area contributed by atoms with Crippen molar-refractivity contribution in [1.29, 1.82) is 0 Å². The van der Waals surface area contributed by atoms with Crippen molar-refractivity contribution in [3.8, 4) is 0 Å². The Morgan fingerprint density at radius 3 is 2.80 bits per heavy atom. The summed E-state index contributed by atoms with van der Waals surface area (Å²) >= 11 is 15.5. The average molecular weight is 197 g/mol. The molecular weight excluding hydrogens is 191 g/mol. The Morgan fingerprint density at radius 1 is 1.80 bits per heavy atom. The minimum Gasteiger partial charge on any atom is -0.363 e. The maximum absolute atomic E-state index is 5.46. The molecule has 0 aromatic rings. The first-order chi connectivity index (χ1) is 4.70. The van der Waals surface area contributed by atoms with Crippen molar-refractivity contribution in [1.82, 2.24) is 5.32 Å². The van der Waals surface area contributed by atoms with Crippen LogP contribution in [0.3, 0.4) is 0 Å². The van der Waals surface area contributed by atoms with E-state index in [1.54, 1.807) is 0 Å².